The number of unbranched alkanes of at least 4 members (excludes halogenated alkanes) is 3. The predicted molar refractivity (Wildman–Crippen MR) is 74.3 cm³/mol. The molecule has 0 unspecified atom stereocenters. The van der Waals surface area contributed by atoms with Gasteiger partial charge in [0.2, 0.25) is 0 Å². The monoisotopic (exact) mass is 242 g/mol. The summed E-state index contributed by atoms with van der Waals surface area (Å²) in [5, 5.41) is 0. The Morgan fingerprint density at radius 2 is 1.87 bits per heavy atom. The predicted octanol–water partition coefficient (Wildman–Crippen LogP) is 4.83. The zero-order valence-electron chi connectivity index (χ0n) is 10.1. The number of hydrogen-bond acceptors (Lipinski definition) is 2. The topological polar surface area (TPSA) is 0 Å². The molecule has 1 rings (SSSR count). The molecule has 0 bridgehead atoms. The lowest BCUT2D eigenvalue weighted by atomic mass is 10.1. The van der Waals surface area contributed by atoms with Crippen LogP contribution in [-0.2, 0) is 6.42 Å². The minimum absolute atomic E-state index is 1.29. The zero-order chi connectivity index (χ0) is 11.1. The van der Waals surface area contributed by atoms with Crippen LogP contribution in [0.3, 0.4) is 0 Å². The van der Waals surface area contributed by atoms with Crippen LogP contribution in [0.4, 0.5) is 0 Å². The first kappa shape index (κ1) is 13.1. The Morgan fingerprint density at radius 3 is 2.47 bits per heavy atom. The molecule has 0 nitrogen and oxygen atoms in total. The smallest absolute Gasteiger partial charge is 0.00490 e. The molecule has 0 atom stereocenters. The average Bonchev–Trinajstić information content (AvgIpc) is 2.51. The van der Waals surface area contributed by atoms with Gasteiger partial charge in [-0.3, -0.25) is 0 Å². The normalized spacial score (nSPS) is 10.9. The van der Waals surface area contributed by atoms with Crippen molar-refractivity contribution in [3.63, 3.8) is 0 Å². The molecule has 0 N–H and O–H groups in total. The van der Waals surface area contributed by atoms with E-state index < -0.39 is 0 Å². The van der Waals surface area contributed by atoms with Gasteiger partial charge >= 0.3 is 0 Å². The van der Waals surface area contributed by atoms with Crippen molar-refractivity contribution in [1.29, 1.82) is 0 Å². The van der Waals surface area contributed by atoms with E-state index in [-0.39, 0.29) is 0 Å². The van der Waals surface area contributed by atoms with Crippen molar-refractivity contribution >= 4 is 23.1 Å². The quantitative estimate of drug-likeness (QED) is 0.617. The summed E-state index contributed by atoms with van der Waals surface area (Å²) in [4.78, 5) is 2.99. The maximum absolute atomic E-state index is 2.36. The molecule has 0 aliphatic heterocycles. The number of hydrogen-bond donors (Lipinski definition) is 0. The van der Waals surface area contributed by atoms with Crippen LogP contribution in [0.5, 0.6) is 0 Å². The molecular formula is C13H22S2. The molecule has 0 amide bonds. The Hall–Kier alpha value is 0.0500. The van der Waals surface area contributed by atoms with Crippen LogP contribution in [0, 0.1) is 13.8 Å². The molecule has 2 heteroatoms. The Morgan fingerprint density at radius 1 is 1.13 bits per heavy atom. The summed E-state index contributed by atoms with van der Waals surface area (Å²) < 4.78 is 0. The van der Waals surface area contributed by atoms with Crippen LogP contribution in [0.25, 0.3) is 0 Å². The lowest BCUT2D eigenvalue weighted by molar-refractivity contribution is 0.670. The van der Waals surface area contributed by atoms with Gasteiger partial charge < -0.3 is 0 Å². The molecule has 1 aromatic heterocycles. The van der Waals surface area contributed by atoms with Gasteiger partial charge in [0, 0.05) is 9.75 Å². The molecule has 0 spiro atoms. The van der Waals surface area contributed by atoms with Crippen molar-refractivity contribution < 1.29 is 0 Å². The second kappa shape index (κ2) is 7.34. The van der Waals surface area contributed by atoms with E-state index in [4.69, 9.17) is 0 Å². The van der Waals surface area contributed by atoms with E-state index >= 15 is 0 Å². The van der Waals surface area contributed by atoms with E-state index in [1.54, 1.807) is 5.56 Å². The van der Waals surface area contributed by atoms with E-state index in [0.717, 1.165) is 0 Å². The van der Waals surface area contributed by atoms with Crippen molar-refractivity contribution in [2.75, 3.05) is 12.0 Å². The third kappa shape index (κ3) is 5.07. The fraction of sp³-hybridized carbons (Fsp3) is 0.692. The Kier molecular flexibility index (Phi) is 6.42. The number of aryl methyl sites for hydroxylation is 3. The van der Waals surface area contributed by atoms with Crippen molar-refractivity contribution in [3.05, 3.63) is 21.4 Å². The molecule has 15 heavy (non-hydrogen) atoms. The van der Waals surface area contributed by atoms with Crippen molar-refractivity contribution in [3.8, 4) is 0 Å². The molecule has 0 saturated heterocycles. The third-order valence-electron chi connectivity index (χ3n) is 2.69. The van der Waals surface area contributed by atoms with Crippen LogP contribution >= 0.6 is 23.1 Å². The summed E-state index contributed by atoms with van der Waals surface area (Å²) in [6.07, 6.45) is 9.04. The average molecular weight is 242 g/mol. The van der Waals surface area contributed by atoms with Gasteiger partial charge in [0.25, 0.3) is 0 Å². The van der Waals surface area contributed by atoms with Gasteiger partial charge in [-0.2, -0.15) is 11.8 Å². The summed E-state index contributed by atoms with van der Waals surface area (Å²) in [6.45, 7) is 4.46. The van der Waals surface area contributed by atoms with Crippen molar-refractivity contribution in [2.45, 2.75) is 46.0 Å². The molecule has 0 aliphatic rings. The standard InChI is InChI=1S/C13H22S2/c1-11-10-13(12(2)15-11)8-6-4-5-7-9-14-3/h10H,4-9H2,1-3H3. The fourth-order valence-electron chi connectivity index (χ4n) is 1.85. The van der Waals surface area contributed by atoms with Gasteiger partial charge in [0.05, 0.1) is 0 Å². The van der Waals surface area contributed by atoms with Gasteiger partial charge in [-0.05, 0) is 56.7 Å². The molecular weight excluding hydrogens is 220 g/mol. The molecule has 0 radical (unpaired) electrons. The molecule has 0 saturated carbocycles. The van der Waals surface area contributed by atoms with Gasteiger partial charge in [-0.25, -0.2) is 0 Å². The van der Waals surface area contributed by atoms with Crippen LogP contribution in [0.2, 0.25) is 0 Å². The minimum atomic E-state index is 1.29. The van der Waals surface area contributed by atoms with Gasteiger partial charge in [0.1, 0.15) is 0 Å². The maximum Gasteiger partial charge on any atom is 0.00490 e. The minimum Gasteiger partial charge on any atom is -0.165 e. The highest BCUT2D eigenvalue weighted by atomic mass is 32.2. The second-order valence-corrected chi connectivity index (χ2v) is 6.54. The molecule has 86 valence electrons. The summed E-state index contributed by atoms with van der Waals surface area (Å²) in [5.74, 6) is 1.33. The number of rotatable bonds is 7. The first-order chi connectivity index (χ1) is 7.24. The lowest BCUT2D eigenvalue weighted by Gasteiger charge is -2.00. The molecule has 0 aliphatic carbocycles. The van der Waals surface area contributed by atoms with Crippen LogP contribution in [0.1, 0.15) is 41.0 Å². The zero-order valence-corrected chi connectivity index (χ0v) is 11.8. The van der Waals surface area contributed by atoms with E-state index in [0.29, 0.717) is 0 Å². The SMILES string of the molecule is CSCCCCCCc1cc(C)sc1C. The van der Waals surface area contributed by atoms with E-state index in [1.807, 2.05) is 23.1 Å². The van der Waals surface area contributed by atoms with E-state index in [9.17, 15) is 0 Å². The van der Waals surface area contributed by atoms with Crippen LogP contribution in [-0.4, -0.2) is 12.0 Å². The second-order valence-electron chi connectivity index (χ2n) is 4.10. The molecule has 1 aromatic rings. The highest BCUT2D eigenvalue weighted by molar-refractivity contribution is 7.98. The van der Waals surface area contributed by atoms with Gasteiger partial charge in [-0.1, -0.05) is 12.8 Å². The summed E-state index contributed by atoms with van der Waals surface area (Å²) in [5.41, 5.74) is 1.59. The lowest BCUT2D eigenvalue weighted by Crippen LogP contribution is -1.86. The maximum atomic E-state index is 2.36. The number of thiophene rings is 1. The summed E-state index contributed by atoms with van der Waals surface area (Å²) in [7, 11) is 0. The van der Waals surface area contributed by atoms with E-state index in [2.05, 4.69) is 26.2 Å². The van der Waals surface area contributed by atoms with E-state index in [1.165, 1.54) is 47.6 Å². The van der Waals surface area contributed by atoms with Crippen LogP contribution < -0.4 is 0 Å². The largest absolute Gasteiger partial charge is 0.165 e. The molecule has 0 fully saturated rings. The molecule has 1 heterocycles. The van der Waals surface area contributed by atoms with Gasteiger partial charge in [0.15, 0.2) is 0 Å². The molecule has 0 aromatic carbocycles. The highest BCUT2D eigenvalue weighted by Gasteiger charge is 2.01. The van der Waals surface area contributed by atoms with Gasteiger partial charge in [-0.15, -0.1) is 11.3 Å². The Bertz CT molecular complexity index is 276. The Labute approximate surface area is 102 Å². The first-order valence-electron chi connectivity index (χ1n) is 5.79. The summed E-state index contributed by atoms with van der Waals surface area (Å²) in [6, 6.07) is 2.36. The highest BCUT2D eigenvalue weighted by Crippen LogP contribution is 2.22. The summed E-state index contributed by atoms with van der Waals surface area (Å²) >= 11 is 3.90. The van der Waals surface area contributed by atoms with Crippen molar-refractivity contribution in [2.24, 2.45) is 0 Å². The van der Waals surface area contributed by atoms with Crippen molar-refractivity contribution in [1.82, 2.24) is 0 Å². The van der Waals surface area contributed by atoms with Crippen LogP contribution in [0.15, 0.2) is 6.07 Å². The fourth-order valence-corrected chi connectivity index (χ4v) is 3.32. The first-order valence-corrected chi connectivity index (χ1v) is 8.00. The Balaban J connectivity index is 2.12. The third-order valence-corrected chi connectivity index (χ3v) is 4.39. The number of thioether (sulfide) groups is 1.